The topological polar surface area (TPSA) is 131 Å². The fourth-order valence-corrected chi connectivity index (χ4v) is 7.84. The molecule has 3 fully saturated rings. The highest BCUT2D eigenvalue weighted by Gasteiger charge is 2.45. The van der Waals surface area contributed by atoms with Gasteiger partial charge in [0.2, 0.25) is 11.8 Å². The van der Waals surface area contributed by atoms with Crippen LogP contribution in [0.25, 0.3) is 11.0 Å². The molecule has 1 aliphatic carbocycles. The zero-order valence-corrected chi connectivity index (χ0v) is 29.2. The van der Waals surface area contributed by atoms with Gasteiger partial charge in [-0.3, -0.25) is 9.59 Å². The van der Waals surface area contributed by atoms with Gasteiger partial charge in [-0.1, -0.05) is 43.2 Å². The number of benzene rings is 2. The van der Waals surface area contributed by atoms with Gasteiger partial charge in [-0.25, -0.2) is 4.79 Å². The van der Waals surface area contributed by atoms with Crippen LogP contribution in [0.4, 0.5) is 4.79 Å². The average Bonchev–Trinajstić information content (AvgIpc) is 3.70. The van der Waals surface area contributed by atoms with E-state index in [9.17, 15) is 14.4 Å². The Morgan fingerprint density at radius 3 is 2.35 bits per heavy atom. The third-order valence-electron chi connectivity index (χ3n) is 11.0. The molecule has 49 heavy (non-hydrogen) atoms. The third-order valence-corrected chi connectivity index (χ3v) is 11.0. The number of aryl methyl sites for hydroxylation is 3. The molecule has 3 aliphatic rings. The summed E-state index contributed by atoms with van der Waals surface area (Å²) in [5.41, 5.74) is 3.32. The van der Waals surface area contributed by atoms with Crippen molar-refractivity contribution < 1.29 is 28.3 Å². The summed E-state index contributed by atoms with van der Waals surface area (Å²) in [7, 11) is 0. The normalized spacial score (nSPS) is 19.7. The van der Waals surface area contributed by atoms with E-state index < -0.39 is 17.7 Å². The molecule has 3 aromatic rings. The Bertz CT molecular complexity index is 1600. The van der Waals surface area contributed by atoms with E-state index in [-0.39, 0.29) is 23.8 Å². The minimum Gasteiger partial charge on any atom is -0.425 e. The highest BCUT2D eigenvalue weighted by molar-refractivity contribution is 5.95. The molecular weight excluding hydrogens is 620 g/mol. The highest BCUT2D eigenvalue weighted by Crippen LogP contribution is 2.35. The van der Waals surface area contributed by atoms with Crippen LogP contribution in [-0.2, 0) is 20.7 Å². The van der Waals surface area contributed by atoms with Gasteiger partial charge in [0.25, 0.3) is 5.95 Å². The van der Waals surface area contributed by atoms with Gasteiger partial charge >= 0.3 is 6.09 Å². The van der Waals surface area contributed by atoms with E-state index in [2.05, 4.69) is 21.3 Å². The quantitative estimate of drug-likeness (QED) is 0.203. The van der Waals surface area contributed by atoms with E-state index in [0.717, 1.165) is 98.9 Å². The maximum Gasteiger partial charge on any atom is 0.415 e. The van der Waals surface area contributed by atoms with Crippen molar-refractivity contribution >= 4 is 28.9 Å². The van der Waals surface area contributed by atoms with Crippen molar-refractivity contribution in [1.82, 2.24) is 21.3 Å². The Hall–Kier alpha value is -3.89. The van der Waals surface area contributed by atoms with Crippen molar-refractivity contribution in [1.29, 1.82) is 0 Å². The van der Waals surface area contributed by atoms with Gasteiger partial charge < -0.3 is 35.2 Å². The van der Waals surface area contributed by atoms with Crippen LogP contribution >= 0.6 is 0 Å². The summed E-state index contributed by atoms with van der Waals surface area (Å²) >= 11 is 0. The molecule has 1 aromatic heterocycles. The van der Waals surface area contributed by atoms with Crippen LogP contribution in [0.1, 0.15) is 80.0 Å². The number of furan rings is 1. The third kappa shape index (κ3) is 8.47. The van der Waals surface area contributed by atoms with E-state index in [1.165, 1.54) is 0 Å². The van der Waals surface area contributed by atoms with Crippen LogP contribution in [0.3, 0.4) is 0 Å². The van der Waals surface area contributed by atoms with Crippen LogP contribution in [-0.4, -0.2) is 61.8 Å². The number of ether oxygens (including phenoxy) is 2. The lowest BCUT2D eigenvalue weighted by atomic mass is 9.82. The maximum atomic E-state index is 14.2. The lowest BCUT2D eigenvalue weighted by molar-refractivity contribution is -0.133. The van der Waals surface area contributed by atoms with Crippen molar-refractivity contribution in [2.75, 3.05) is 26.3 Å². The first-order chi connectivity index (χ1) is 23.7. The van der Waals surface area contributed by atoms with Crippen molar-refractivity contribution in [3.63, 3.8) is 0 Å². The molecule has 6 rings (SSSR count). The minimum atomic E-state index is -1.20. The van der Waals surface area contributed by atoms with Gasteiger partial charge in [-0.15, -0.1) is 0 Å². The molecule has 264 valence electrons. The number of carbonyl (C=O) groups excluding carboxylic acids is 3. The van der Waals surface area contributed by atoms with Gasteiger partial charge in [-0.2, -0.15) is 0 Å². The van der Waals surface area contributed by atoms with E-state index in [0.29, 0.717) is 36.7 Å². The average molecular weight is 673 g/mol. The van der Waals surface area contributed by atoms with E-state index >= 15 is 0 Å². The lowest BCUT2D eigenvalue weighted by Crippen LogP contribution is -2.62. The predicted molar refractivity (Wildman–Crippen MR) is 189 cm³/mol. The lowest BCUT2D eigenvalue weighted by Gasteiger charge is -2.36. The molecule has 10 nitrogen and oxygen atoms in total. The van der Waals surface area contributed by atoms with Gasteiger partial charge in [0, 0.05) is 36.6 Å². The number of fused-ring (bicyclic) bond motifs is 1. The number of rotatable bonds is 11. The van der Waals surface area contributed by atoms with Crippen molar-refractivity contribution in [2.24, 2.45) is 11.8 Å². The number of amides is 3. The molecule has 1 unspecified atom stereocenters. The maximum absolute atomic E-state index is 14.2. The first-order valence-corrected chi connectivity index (χ1v) is 18.1. The van der Waals surface area contributed by atoms with Crippen LogP contribution < -0.4 is 26.0 Å². The van der Waals surface area contributed by atoms with Crippen LogP contribution in [0.2, 0.25) is 0 Å². The second-order valence-corrected chi connectivity index (χ2v) is 14.5. The molecule has 2 aromatic carbocycles. The first kappa shape index (κ1) is 35.0. The summed E-state index contributed by atoms with van der Waals surface area (Å²) in [4.78, 5) is 41.9. The van der Waals surface area contributed by atoms with Crippen molar-refractivity contribution in [3.8, 4) is 5.95 Å². The molecule has 2 atom stereocenters. The zero-order chi connectivity index (χ0) is 34.4. The molecule has 0 bridgehead atoms. The predicted octanol–water partition coefficient (Wildman–Crippen LogP) is 5.79. The van der Waals surface area contributed by atoms with Gasteiger partial charge in [0.05, 0.1) is 0 Å². The molecule has 4 N–H and O–H groups in total. The number of carbonyl (C=O) groups is 3. The molecule has 0 spiro atoms. The molecular formula is C39H52N4O6. The molecule has 2 aliphatic heterocycles. The fraction of sp³-hybridized carbons (Fsp3) is 0.564. The van der Waals surface area contributed by atoms with Gasteiger partial charge in [0.1, 0.15) is 17.2 Å². The smallest absolute Gasteiger partial charge is 0.415 e. The summed E-state index contributed by atoms with van der Waals surface area (Å²) in [5, 5.41) is 13.8. The van der Waals surface area contributed by atoms with Crippen molar-refractivity contribution in [3.05, 3.63) is 64.7 Å². The number of hydrogen-bond donors (Lipinski definition) is 4. The Balaban J connectivity index is 1.19. The molecule has 3 amide bonds. The molecule has 3 heterocycles. The zero-order valence-electron chi connectivity index (χ0n) is 29.2. The van der Waals surface area contributed by atoms with Crippen LogP contribution in [0.15, 0.2) is 46.9 Å². The van der Waals surface area contributed by atoms with E-state index in [1.807, 2.05) is 63.2 Å². The Kier molecular flexibility index (Phi) is 11.2. The SMILES string of the molecule is Cc1cc2oc(OC(=O)NC3(C(=O)NC(Cc4ccccc4)C(=O)N[C@H](CC4CCOCC4)C4CCNCC4)CCCC3)c(C)c2cc1C. The minimum absolute atomic E-state index is 0.0149. The van der Waals surface area contributed by atoms with Crippen LogP contribution in [0, 0.1) is 32.6 Å². The summed E-state index contributed by atoms with van der Waals surface area (Å²) in [6.45, 7) is 9.29. The second kappa shape index (κ2) is 15.8. The highest BCUT2D eigenvalue weighted by atomic mass is 16.6. The van der Waals surface area contributed by atoms with Crippen molar-refractivity contribution in [2.45, 2.75) is 103 Å². The molecule has 1 saturated carbocycles. The van der Waals surface area contributed by atoms with Crippen LogP contribution in [0.5, 0.6) is 5.95 Å². The Labute approximate surface area is 289 Å². The standard InChI is InChI=1S/C39H52N4O6/c1-25-21-31-27(3)36(48-34(31)22-26(25)2)49-38(46)43-39(15-7-8-16-39)37(45)42-33(24-28-9-5-4-6-10-28)35(44)41-32(30-11-17-40-18-12-30)23-29-13-19-47-20-14-29/h4-6,9-10,21-22,29-30,32-33,40H,7-8,11-20,23-24H2,1-3H3,(H,41,44)(H,42,45)(H,43,46)/t32-,33?/m1/s1. The number of nitrogens with one attached hydrogen (secondary N) is 4. The molecule has 0 radical (unpaired) electrons. The van der Waals surface area contributed by atoms with E-state index in [1.54, 1.807) is 0 Å². The largest absolute Gasteiger partial charge is 0.425 e. The van der Waals surface area contributed by atoms with Gasteiger partial charge in [-0.05, 0) is 119 Å². The Morgan fingerprint density at radius 1 is 0.939 bits per heavy atom. The number of piperidine rings is 1. The fourth-order valence-electron chi connectivity index (χ4n) is 7.84. The summed E-state index contributed by atoms with van der Waals surface area (Å²) < 4.78 is 17.2. The van der Waals surface area contributed by atoms with Gasteiger partial charge in [0.15, 0.2) is 0 Å². The van der Waals surface area contributed by atoms with E-state index in [4.69, 9.17) is 13.9 Å². The summed E-state index contributed by atoms with van der Waals surface area (Å²) in [5.74, 6) is 0.422. The number of hydrogen-bond acceptors (Lipinski definition) is 7. The first-order valence-electron chi connectivity index (χ1n) is 18.1. The molecule has 10 heteroatoms. The molecule has 2 saturated heterocycles. The summed E-state index contributed by atoms with van der Waals surface area (Å²) in [6.07, 6.45) is 6.94. The monoisotopic (exact) mass is 672 g/mol. The second-order valence-electron chi connectivity index (χ2n) is 14.5. The Morgan fingerprint density at radius 2 is 1.63 bits per heavy atom. The summed E-state index contributed by atoms with van der Waals surface area (Å²) in [6, 6.07) is 12.9.